The van der Waals surface area contributed by atoms with Crippen LogP contribution in [0, 0.1) is 5.82 Å². The third-order valence-corrected chi connectivity index (χ3v) is 4.96. The van der Waals surface area contributed by atoms with E-state index < -0.39 is 10.0 Å². The Bertz CT molecular complexity index is 868. The third kappa shape index (κ3) is 5.77. The maximum Gasteiger partial charge on any atom is 0.238 e. The fraction of sp³-hybridized carbons (Fsp3) is 0.235. The van der Waals surface area contributed by atoms with Gasteiger partial charge in [-0.05, 0) is 43.4 Å². The van der Waals surface area contributed by atoms with Gasteiger partial charge >= 0.3 is 0 Å². The fourth-order valence-electron chi connectivity index (χ4n) is 2.28. The minimum atomic E-state index is -3.77. The number of anilines is 1. The van der Waals surface area contributed by atoms with Crippen LogP contribution in [0.4, 0.5) is 10.1 Å². The van der Waals surface area contributed by atoms with E-state index >= 15 is 0 Å². The number of benzene rings is 2. The molecule has 1 amide bonds. The van der Waals surface area contributed by atoms with E-state index in [4.69, 9.17) is 16.7 Å². The first-order valence-corrected chi connectivity index (χ1v) is 9.63. The monoisotopic (exact) mass is 399 g/mol. The first kappa shape index (κ1) is 20.3. The Hall–Kier alpha value is -2.00. The second kappa shape index (κ2) is 8.59. The van der Waals surface area contributed by atoms with Gasteiger partial charge in [0.25, 0.3) is 0 Å². The normalized spacial score (nSPS) is 11.6. The number of carbonyl (C=O) groups is 1. The summed E-state index contributed by atoms with van der Waals surface area (Å²) < 4.78 is 36.2. The van der Waals surface area contributed by atoms with E-state index in [1.54, 1.807) is 18.0 Å². The Morgan fingerprint density at radius 1 is 1.23 bits per heavy atom. The molecule has 0 aromatic heterocycles. The second-order valence-corrected chi connectivity index (χ2v) is 7.77. The fourth-order valence-corrected chi connectivity index (χ4v) is 3.01. The number of carbonyl (C=O) groups excluding carboxylic acids is 1. The van der Waals surface area contributed by atoms with Crippen molar-refractivity contribution in [3.05, 3.63) is 58.9 Å². The summed E-state index contributed by atoms with van der Waals surface area (Å²) in [6, 6.07) is 10.0. The van der Waals surface area contributed by atoms with Crippen molar-refractivity contribution in [3.8, 4) is 0 Å². The van der Waals surface area contributed by atoms with Gasteiger partial charge in [0.2, 0.25) is 15.9 Å². The lowest BCUT2D eigenvalue weighted by molar-refractivity contribution is -0.116. The van der Waals surface area contributed by atoms with Crippen LogP contribution in [0.15, 0.2) is 47.4 Å². The van der Waals surface area contributed by atoms with Crippen molar-refractivity contribution in [3.63, 3.8) is 0 Å². The zero-order valence-corrected chi connectivity index (χ0v) is 15.6. The van der Waals surface area contributed by atoms with Crippen LogP contribution in [0.2, 0.25) is 5.02 Å². The number of sulfonamides is 1. The summed E-state index contributed by atoms with van der Waals surface area (Å²) in [6.45, 7) is 0.674. The van der Waals surface area contributed by atoms with Crippen molar-refractivity contribution < 1.29 is 17.6 Å². The smallest absolute Gasteiger partial charge is 0.238 e. The van der Waals surface area contributed by atoms with E-state index in [0.29, 0.717) is 22.8 Å². The Balaban J connectivity index is 1.86. The average Bonchev–Trinajstić information content (AvgIpc) is 2.56. The van der Waals surface area contributed by atoms with Gasteiger partial charge in [-0.15, -0.1) is 0 Å². The van der Waals surface area contributed by atoms with Gasteiger partial charge in [0.15, 0.2) is 0 Å². The van der Waals surface area contributed by atoms with Crippen molar-refractivity contribution in [1.82, 2.24) is 4.90 Å². The van der Waals surface area contributed by atoms with Crippen LogP contribution in [-0.2, 0) is 21.4 Å². The molecule has 26 heavy (non-hydrogen) atoms. The summed E-state index contributed by atoms with van der Waals surface area (Å²) in [5.41, 5.74) is 0.845. The lowest BCUT2D eigenvalue weighted by Gasteiger charge is -2.17. The molecule has 3 N–H and O–H groups in total. The molecule has 0 aliphatic rings. The van der Waals surface area contributed by atoms with Gasteiger partial charge in [0.1, 0.15) is 5.82 Å². The molecule has 140 valence electrons. The largest absolute Gasteiger partial charge is 0.326 e. The van der Waals surface area contributed by atoms with E-state index in [-0.39, 0.29) is 29.6 Å². The zero-order chi connectivity index (χ0) is 19.3. The Labute approximate surface area is 156 Å². The van der Waals surface area contributed by atoms with Crippen molar-refractivity contribution in [2.75, 3.05) is 18.9 Å². The molecule has 0 unspecified atom stereocenters. The molecule has 2 aromatic carbocycles. The standard InChI is InChI=1S/C17H19ClFN3O3S/c1-22(11-14-15(18)3-2-4-16(14)19)10-9-17(23)21-12-5-7-13(8-6-12)26(20,24)25/h2-8H,9-11H2,1H3,(H,21,23)(H2,20,24,25). The van der Waals surface area contributed by atoms with Crippen molar-refractivity contribution in [2.24, 2.45) is 5.14 Å². The van der Waals surface area contributed by atoms with Gasteiger partial charge in [-0.2, -0.15) is 0 Å². The molecule has 0 bridgehead atoms. The van der Waals surface area contributed by atoms with Crippen molar-refractivity contribution in [2.45, 2.75) is 17.9 Å². The zero-order valence-electron chi connectivity index (χ0n) is 14.1. The topological polar surface area (TPSA) is 92.5 Å². The minimum absolute atomic E-state index is 0.0306. The van der Waals surface area contributed by atoms with Gasteiger partial charge in [-0.1, -0.05) is 17.7 Å². The maximum absolute atomic E-state index is 13.8. The Kier molecular flexibility index (Phi) is 6.71. The summed E-state index contributed by atoms with van der Waals surface area (Å²) >= 11 is 5.99. The Morgan fingerprint density at radius 3 is 2.46 bits per heavy atom. The summed E-state index contributed by atoms with van der Waals surface area (Å²) in [5, 5.41) is 8.02. The highest BCUT2D eigenvalue weighted by Gasteiger charge is 2.12. The van der Waals surface area contributed by atoms with E-state index in [2.05, 4.69) is 5.32 Å². The molecule has 0 radical (unpaired) electrons. The number of nitrogens with two attached hydrogens (primary N) is 1. The molecule has 0 saturated carbocycles. The van der Waals surface area contributed by atoms with Crippen LogP contribution >= 0.6 is 11.6 Å². The summed E-state index contributed by atoms with van der Waals surface area (Å²) in [6.07, 6.45) is 0.180. The molecule has 2 aromatic rings. The lowest BCUT2D eigenvalue weighted by Crippen LogP contribution is -2.24. The molecule has 0 fully saturated rings. The molecule has 0 saturated heterocycles. The number of hydrogen-bond donors (Lipinski definition) is 2. The van der Waals surface area contributed by atoms with Gasteiger partial charge < -0.3 is 10.2 Å². The highest BCUT2D eigenvalue weighted by Crippen LogP contribution is 2.20. The molecular weight excluding hydrogens is 381 g/mol. The van der Waals surface area contributed by atoms with E-state index in [1.165, 1.54) is 36.4 Å². The van der Waals surface area contributed by atoms with Crippen molar-refractivity contribution in [1.29, 1.82) is 0 Å². The van der Waals surface area contributed by atoms with Crippen LogP contribution in [-0.4, -0.2) is 32.8 Å². The van der Waals surface area contributed by atoms with Crippen LogP contribution in [0.1, 0.15) is 12.0 Å². The van der Waals surface area contributed by atoms with Crippen molar-refractivity contribution >= 4 is 33.2 Å². The van der Waals surface area contributed by atoms with Gasteiger partial charge in [-0.3, -0.25) is 4.79 Å². The number of primary sulfonamides is 1. The molecule has 0 aliphatic heterocycles. The number of rotatable bonds is 7. The first-order valence-electron chi connectivity index (χ1n) is 7.71. The van der Waals surface area contributed by atoms with Crippen LogP contribution in [0.25, 0.3) is 0 Å². The number of nitrogens with one attached hydrogen (secondary N) is 1. The van der Waals surface area contributed by atoms with Gasteiger partial charge in [0, 0.05) is 35.8 Å². The molecule has 0 heterocycles. The van der Waals surface area contributed by atoms with Crippen LogP contribution in [0.3, 0.4) is 0 Å². The van der Waals surface area contributed by atoms with E-state index in [9.17, 15) is 17.6 Å². The SMILES string of the molecule is CN(CCC(=O)Nc1ccc(S(N)(=O)=O)cc1)Cc1c(F)cccc1Cl. The minimum Gasteiger partial charge on any atom is -0.326 e. The predicted octanol–water partition coefficient (Wildman–Crippen LogP) is 2.59. The maximum atomic E-state index is 13.8. The molecule has 0 aliphatic carbocycles. The highest BCUT2D eigenvalue weighted by molar-refractivity contribution is 7.89. The third-order valence-electron chi connectivity index (χ3n) is 3.68. The average molecular weight is 400 g/mol. The van der Waals surface area contributed by atoms with E-state index in [0.717, 1.165) is 0 Å². The number of amides is 1. The van der Waals surface area contributed by atoms with Gasteiger partial charge in [0.05, 0.1) is 4.90 Å². The molecule has 9 heteroatoms. The number of halogens is 2. The van der Waals surface area contributed by atoms with Crippen LogP contribution < -0.4 is 10.5 Å². The highest BCUT2D eigenvalue weighted by atomic mass is 35.5. The molecular formula is C17H19ClFN3O3S. The first-order chi connectivity index (χ1) is 12.2. The number of hydrogen-bond acceptors (Lipinski definition) is 4. The predicted molar refractivity (Wildman–Crippen MR) is 98.8 cm³/mol. The summed E-state index contributed by atoms with van der Waals surface area (Å²) in [4.78, 5) is 13.8. The molecule has 0 atom stereocenters. The van der Waals surface area contributed by atoms with E-state index in [1.807, 2.05) is 0 Å². The number of nitrogens with zero attached hydrogens (tertiary/aromatic N) is 1. The molecule has 6 nitrogen and oxygen atoms in total. The molecule has 2 rings (SSSR count). The Morgan fingerprint density at radius 2 is 1.88 bits per heavy atom. The van der Waals surface area contributed by atoms with Crippen LogP contribution in [0.5, 0.6) is 0 Å². The molecule has 0 spiro atoms. The summed E-state index contributed by atoms with van der Waals surface area (Å²) in [7, 11) is -2.01. The van der Waals surface area contributed by atoms with Gasteiger partial charge in [-0.25, -0.2) is 17.9 Å². The lowest BCUT2D eigenvalue weighted by atomic mass is 10.2. The second-order valence-electron chi connectivity index (χ2n) is 5.81. The summed E-state index contributed by atoms with van der Waals surface area (Å²) in [5.74, 6) is -0.636. The quantitative estimate of drug-likeness (QED) is 0.748.